The lowest BCUT2D eigenvalue weighted by Gasteiger charge is -2.36. The summed E-state index contributed by atoms with van der Waals surface area (Å²) in [6.45, 7) is 11.8. The van der Waals surface area contributed by atoms with Crippen LogP contribution in [0, 0.1) is 19.7 Å². The van der Waals surface area contributed by atoms with Crippen LogP contribution in [-0.4, -0.2) is 89.4 Å². The summed E-state index contributed by atoms with van der Waals surface area (Å²) in [5.74, 6) is -0.0375. The molecule has 2 aliphatic rings. The van der Waals surface area contributed by atoms with Crippen LogP contribution in [0.1, 0.15) is 17.0 Å². The molecule has 162 valence electrons. The third-order valence-corrected chi connectivity index (χ3v) is 6.08. The van der Waals surface area contributed by atoms with Gasteiger partial charge in [-0.2, -0.15) is 5.10 Å². The zero-order valence-corrected chi connectivity index (χ0v) is 17.8. The van der Waals surface area contributed by atoms with Crippen LogP contribution in [0.25, 0.3) is 5.69 Å². The first-order valence-corrected chi connectivity index (χ1v) is 10.6. The molecule has 0 N–H and O–H groups in total. The molecule has 0 saturated carbocycles. The van der Waals surface area contributed by atoms with Gasteiger partial charge in [0, 0.05) is 57.1 Å². The topological polar surface area (TPSA) is 53.8 Å². The van der Waals surface area contributed by atoms with Crippen LogP contribution in [0.5, 0.6) is 0 Å². The van der Waals surface area contributed by atoms with Crippen molar-refractivity contribution >= 4 is 5.91 Å². The van der Waals surface area contributed by atoms with Gasteiger partial charge >= 0.3 is 0 Å². The van der Waals surface area contributed by atoms with Gasteiger partial charge in [0.05, 0.1) is 31.1 Å². The van der Waals surface area contributed by atoms with Gasteiger partial charge in [0.1, 0.15) is 5.82 Å². The lowest BCUT2D eigenvalue weighted by Crippen LogP contribution is -2.51. The summed E-state index contributed by atoms with van der Waals surface area (Å²) >= 11 is 0. The number of ether oxygens (including phenoxy) is 1. The maximum absolute atomic E-state index is 13.2. The monoisotopic (exact) mass is 415 g/mol. The largest absolute Gasteiger partial charge is 0.378 e. The minimum atomic E-state index is -0.245. The molecule has 1 aromatic heterocycles. The molecule has 2 fully saturated rings. The molecule has 30 heavy (non-hydrogen) atoms. The van der Waals surface area contributed by atoms with Crippen LogP contribution in [0.15, 0.2) is 24.3 Å². The summed E-state index contributed by atoms with van der Waals surface area (Å²) in [5, 5.41) is 4.68. The van der Waals surface area contributed by atoms with E-state index in [1.54, 1.807) is 12.1 Å². The van der Waals surface area contributed by atoms with Crippen LogP contribution >= 0.6 is 0 Å². The van der Waals surface area contributed by atoms with Gasteiger partial charge in [-0.3, -0.25) is 14.6 Å². The molecule has 0 aliphatic carbocycles. The minimum Gasteiger partial charge on any atom is -0.378 e. The van der Waals surface area contributed by atoms with Crippen molar-refractivity contribution in [3.05, 3.63) is 47.0 Å². The van der Waals surface area contributed by atoms with Crippen molar-refractivity contribution in [3.8, 4) is 5.69 Å². The number of rotatable bonds is 5. The lowest BCUT2D eigenvalue weighted by molar-refractivity contribution is -0.136. The van der Waals surface area contributed by atoms with Crippen molar-refractivity contribution in [2.45, 2.75) is 20.4 Å². The molecule has 0 bridgehead atoms. The molecule has 1 amide bonds. The number of aromatic nitrogens is 2. The molecule has 2 aromatic rings. The first kappa shape index (κ1) is 21.0. The number of carbonyl (C=O) groups excluding carboxylic acids is 1. The highest BCUT2D eigenvalue weighted by Crippen LogP contribution is 2.20. The number of morpholine rings is 1. The molecule has 0 unspecified atom stereocenters. The van der Waals surface area contributed by atoms with E-state index < -0.39 is 0 Å². The van der Waals surface area contributed by atoms with Gasteiger partial charge in [0.25, 0.3) is 0 Å². The summed E-state index contributed by atoms with van der Waals surface area (Å²) in [7, 11) is 0. The van der Waals surface area contributed by atoms with E-state index in [2.05, 4.69) is 21.8 Å². The number of amides is 1. The predicted octanol–water partition coefficient (Wildman–Crippen LogP) is 1.60. The third-order valence-electron chi connectivity index (χ3n) is 6.08. The van der Waals surface area contributed by atoms with E-state index in [4.69, 9.17) is 4.74 Å². The Morgan fingerprint density at radius 3 is 2.30 bits per heavy atom. The fourth-order valence-electron chi connectivity index (χ4n) is 4.17. The second-order valence-corrected chi connectivity index (χ2v) is 8.08. The first-order chi connectivity index (χ1) is 14.5. The van der Waals surface area contributed by atoms with Gasteiger partial charge in [-0.15, -0.1) is 0 Å². The number of hydrogen-bond acceptors (Lipinski definition) is 5. The Bertz CT molecular complexity index is 868. The van der Waals surface area contributed by atoms with Crippen LogP contribution in [0.4, 0.5) is 4.39 Å². The van der Waals surface area contributed by atoms with Crippen LogP contribution in [-0.2, 0) is 16.1 Å². The number of aryl methyl sites for hydroxylation is 1. The standard InChI is InChI=1S/C22H30FN5O2/c1-17-21(18(2)28(24-17)20-5-3-19(23)4-6-20)15-25-7-9-26(10-8-25)16-22(29)27-11-13-30-14-12-27/h3-6H,7-16H2,1-2H3. The van der Waals surface area contributed by atoms with Crippen LogP contribution < -0.4 is 0 Å². The van der Waals surface area contributed by atoms with Crippen molar-refractivity contribution in [1.29, 1.82) is 0 Å². The van der Waals surface area contributed by atoms with Gasteiger partial charge in [0.15, 0.2) is 0 Å². The van der Waals surface area contributed by atoms with Crippen molar-refractivity contribution in [1.82, 2.24) is 24.5 Å². The van der Waals surface area contributed by atoms with Crippen LogP contribution in [0.3, 0.4) is 0 Å². The fraction of sp³-hybridized carbons (Fsp3) is 0.545. The Hall–Kier alpha value is -2.29. The Labute approximate surface area is 177 Å². The molecular weight excluding hydrogens is 385 g/mol. The molecular formula is C22H30FN5O2. The van der Waals surface area contributed by atoms with E-state index in [0.29, 0.717) is 32.8 Å². The van der Waals surface area contributed by atoms with Gasteiger partial charge in [-0.05, 0) is 38.1 Å². The highest BCUT2D eigenvalue weighted by molar-refractivity contribution is 5.78. The second-order valence-electron chi connectivity index (χ2n) is 8.08. The Balaban J connectivity index is 1.33. The number of piperazine rings is 1. The van der Waals surface area contributed by atoms with E-state index in [1.807, 2.05) is 16.5 Å². The summed E-state index contributed by atoms with van der Waals surface area (Å²) in [6.07, 6.45) is 0. The van der Waals surface area contributed by atoms with Gasteiger partial charge in [0.2, 0.25) is 5.91 Å². The molecule has 2 aliphatic heterocycles. The highest BCUT2D eigenvalue weighted by atomic mass is 19.1. The average Bonchev–Trinajstić information content (AvgIpc) is 3.04. The first-order valence-electron chi connectivity index (χ1n) is 10.6. The molecule has 7 nitrogen and oxygen atoms in total. The number of nitrogens with zero attached hydrogens (tertiary/aromatic N) is 5. The highest BCUT2D eigenvalue weighted by Gasteiger charge is 2.24. The van der Waals surface area contributed by atoms with Crippen molar-refractivity contribution in [2.75, 3.05) is 59.0 Å². The predicted molar refractivity (Wildman–Crippen MR) is 112 cm³/mol. The Morgan fingerprint density at radius 2 is 1.63 bits per heavy atom. The SMILES string of the molecule is Cc1nn(-c2ccc(F)cc2)c(C)c1CN1CCN(CC(=O)N2CCOCC2)CC1. The zero-order valence-electron chi connectivity index (χ0n) is 17.8. The number of carbonyl (C=O) groups is 1. The van der Waals surface area contributed by atoms with Crippen LogP contribution in [0.2, 0.25) is 0 Å². The molecule has 0 spiro atoms. The quantitative estimate of drug-likeness (QED) is 0.743. The molecule has 2 saturated heterocycles. The van der Waals surface area contributed by atoms with Gasteiger partial charge < -0.3 is 9.64 Å². The lowest BCUT2D eigenvalue weighted by atomic mass is 10.1. The third kappa shape index (κ3) is 4.71. The maximum Gasteiger partial charge on any atom is 0.236 e. The molecule has 8 heteroatoms. The molecule has 4 rings (SSSR count). The average molecular weight is 416 g/mol. The summed E-state index contributed by atoms with van der Waals surface area (Å²) < 4.78 is 20.5. The number of benzene rings is 1. The smallest absolute Gasteiger partial charge is 0.236 e. The van der Waals surface area contributed by atoms with E-state index in [1.165, 1.54) is 17.7 Å². The van der Waals surface area contributed by atoms with E-state index >= 15 is 0 Å². The zero-order chi connectivity index (χ0) is 21.1. The fourth-order valence-corrected chi connectivity index (χ4v) is 4.17. The maximum atomic E-state index is 13.2. The van der Waals surface area contributed by atoms with Crippen molar-refractivity contribution in [3.63, 3.8) is 0 Å². The number of hydrogen-bond donors (Lipinski definition) is 0. The van der Waals surface area contributed by atoms with E-state index in [0.717, 1.165) is 49.8 Å². The van der Waals surface area contributed by atoms with Gasteiger partial charge in [-0.25, -0.2) is 9.07 Å². The molecule has 1 aromatic carbocycles. The van der Waals surface area contributed by atoms with E-state index in [-0.39, 0.29) is 11.7 Å². The summed E-state index contributed by atoms with van der Waals surface area (Å²) in [5.41, 5.74) is 4.18. The minimum absolute atomic E-state index is 0.207. The van der Waals surface area contributed by atoms with Crippen molar-refractivity contribution < 1.29 is 13.9 Å². The number of halogens is 1. The second kappa shape index (κ2) is 9.24. The normalized spacial score (nSPS) is 18.7. The Kier molecular flexibility index (Phi) is 6.46. The Morgan fingerprint density at radius 1 is 1.00 bits per heavy atom. The van der Waals surface area contributed by atoms with Crippen molar-refractivity contribution in [2.24, 2.45) is 0 Å². The molecule has 0 atom stereocenters. The molecule has 0 radical (unpaired) electrons. The molecule has 3 heterocycles. The summed E-state index contributed by atoms with van der Waals surface area (Å²) in [6, 6.07) is 6.43. The van der Waals surface area contributed by atoms with Gasteiger partial charge in [-0.1, -0.05) is 0 Å². The summed E-state index contributed by atoms with van der Waals surface area (Å²) in [4.78, 5) is 19.0. The van der Waals surface area contributed by atoms with E-state index in [9.17, 15) is 9.18 Å².